The van der Waals surface area contributed by atoms with E-state index in [-0.39, 0.29) is 12.3 Å². The van der Waals surface area contributed by atoms with Crippen LogP contribution >= 0.6 is 0 Å². The van der Waals surface area contributed by atoms with Crippen LogP contribution in [0.25, 0.3) is 0 Å². The summed E-state index contributed by atoms with van der Waals surface area (Å²) in [6.45, 7) is 0. The van der Waals surface area contributed by atoms with E-state index in [9.17, 15) is 0 Å². The molecule has 2 heterocycles. The molecule has 2 aliphatic heterocycles. The highest BCUT2D eigenvalue weighted by molar-refractivity contribution is 6.01. The molecule has 0 amide bonds. The number of benzene rings is 3. The second-order valence-corrected chi connectivity index (χ2v) is 7.13. The van der Waals surface area contributed by atoms with Gasteiger partial charge in [-0.15, -0.1) is 0 Å². The second kappa shape index (κ2) is 7.17. The molecule has 5 heteroatoms. The highest BCUT2D eigenvalue weighted by atomic mass is 16.5. The van der Waals surface area contributed by atoms with Gasteiger partial charge in [-0.05, 0) is 23.8 Å². The van der Waals surface area contributed by atoms with Gasteiger partial charge in [0.15, 0.2) is 0 Å². The van der Waals surface area contributed by atoms with Crippen LogP contribution in [0.4, 0.5) is 0 Å². The van der Waals surface area contributed by atoms with Crippen LogP contribution in [0, 0.1) is 0 Å². The van der Waals surface area contributed by atoms with E-state index in [4.69, 9.17) is 19.3 Å². The van der Waals surface area contributed by atoms with Crippen LogP contribution in [0.5, 0.6) is 17.2 Å². The third kappa shape index (κ3) is 2.99. The summed E-state index contributed by atoms with van der Waals surface area (Å²) in [4.78, 5) is 0. The molecule has 3 aromatic carbocycles. The lowest BCUT2D eigenvalue weighted by molar-refractivity contribution is -0.0203. The third-order valence-electron chi connectivity index (χ3n) is 5.51. The van der Waals surface area contributed by atoms with Gasteiger partial charge in [-0.25, -0.2) is 5.01 Å². The van der Waals surface area contributed by atoms with E-state index < -0.39 is 0 Å². The highest BCUT2D eigenvalue weighted by Crippen LogP contribution is 2.49. The fraction of sp³-hybridized carbons (Fsp3) is 0.208. The van der Waals surface area contributed by atoms with Crippen LogP contribution in [0.15, 0.2) is 77.9 Å². The van der Waals surface area contributed by atoms with E-state index in [2.05, 4.69) is 29.3 Å². The summed E-state index contributed by atoms with van der Waals surface area (Å²) in [6, 6.07) is 24.4. The number of para-hydroxylation sites is 1. The molecule has 2 aliphatic rings. The quantitative estimate of drug-likeness (QED) is 0.637. The van der Waals surface area contributed by atoms with Crippen LogP contribution in [-0.4, -0.2) is 24.9 Å². The minimum Gasteiger partial charge on any atom is -0.497 e. The summed E-state index contributed by atoms with van der Waals surface area (Å²) in [5, 5.41) is 7.06. The SMILES string of the molecule is COc1ccc([C@@H]2Oc3ccccc3[C@H]3CC(c4ccccc4)=NN32)c(OC)c1. The zero-order chi connectivity index (χ0) is 19.8. The van der Waals surface area contributed by atoms with E-state index in [0.29, 0.717) is 0 Å². The van der Waals surface area contributed by atoms with E-state index in [1.807, 2.05) is 48.5 Å². The molecule has 0 unspecified atom stereocenters. The van der Waals surface area contributed by atoms with Crippen molar-refractivity contribution in [1.29, 1.82) is 0 Å². The molecule has 5 rings (SSSR count). The van der Waals surface area contributed by atoms with Gasteiger partial charge >= 0.3 is 0 Å². The van der Waals surface area contributed by atoms with Crippen molar-refractivity contribution in [3.63, 3.8) is 0 Å². The lowest BCUT2D eigenvalue weighted by Crippen LogP contribution is -2.33. The van der Waals surface area contributed by atoms with Crippen LogP contribution in [0.2, 0.25) is 0 Å². The van der Waals surface area contributed by atoms with Gasteiger partial charge in [-0.3, -0.25) is 0 Å². The molecule has 0 bridgehead atoms. The zero-order valence-corrected chi connectivity index (χ0v) is 16.4. The van der Waals surface area contributed by atoms with E-state index >= 15 is 0 Å². The Bertz CT molecular complexity index is 1060. The number of ether oxygens (including phenoxy) is 3. The van der Waals surface area contributed by atoms with Crippen LogP contribution in [0.1, 0.15) is 35.4 Å². The van der Waals surface area contributed by atoms with Gasteiger partial charge in [-0.2, -0.15) is 5.10 Å². The van der Waals surface area contributed by atoms with E-state index in [0.717, 1.165) is 46.1 Å². The lowest BCUT2D eigenvalue weighted by Gasteiger charge is -2.38. The van der Waals surface area contributed by atoms with Crippen molar-refractivity contribution in [3.8, 4) is 17.2 Å². The molecule has 3 aromatic rings. The second-order valence-electron chi connectivity index (χ2n) is 7.13. The third-order valence-corrected chi connectivity index (χ3v) is 5.51. The Morgan fingerprint density at radius 1 is 0.897 bits per heavy atom. The summed E-state index contributed by atoms with van der Waals surface area (Å²) in [5.41, 5.74) is 4.28. The summed E-state index contributed by atoms with van der Waals surface area (Å²) >= 11 is 0. The van der Waals surface area contributed by atoms with Gasteiger partial charge in [0.1, 0.15) is 17.2 Å². The first-order chi connectivity index (χ1) is 14.3. The summed E-state index contributed by atoms with van der Waals surface area (Å²) in [7, 11) is 3.31. The van der Waals surface area contributed by atoms with Gasteiger partial charge in [0.25, 0.3) is 0 Å². The Kier molecular flexibility index (Phi) is 4.35. The standard InChI is InChI=1S/C24H22N2O3/c1-27-17-12-13-19(23(14-17)28-2)24-26-21(18-10-6-7-11-22(18)29-24)15-20(25-26)16-8-4-3-5-9-16/h3-14,21,24H,15H2,1-2H3/t21-,24+/m1/s1. The highest BCUT2D eigenvalue weighted by Gasteiger charge is 2.41. The minimum absolute atomic E-state index is 0.118. The van der Waals surface area contributed by atoms with E-state index in [1.54, 1.807) is 14.2 Å². The minimum atomic E-state index is -0.378. The Hall–Kier alpha value is -3.47. The topological polar surface area (TPSA) is 43.3 Å². The van der Waals surface area contributed by atoms with Crippen molar-refractivity contribution in [2.45, 2.75) is 18.7 Å². The fourth-order valence-corrected chi connectivity index (χ4v) is 4.07. The van der Waals surface area contributed by atoms with E-state index in [1.165, 1.54) is 0 Å². The van der Waals surface area contributed by atoms with Crippen LogP contribution in [-0.2, 0) is 0 Å². The first kappa shape index (κ1) is 17.6. The molecule has 0 spiro atoms. The lowest BCUT2D eigenvalue weighted by atomic mass is 9.96. The maximum atomic E-state index is 6.43. The smallest absolute Gasteiger partial charge is 0.217 e. The molecule has 0 aliphatic carbocycles. The van der Waals surface area contributed by atoms with Crippen LogP contribution < -0.4 is 14.2 Å². The maximum Gasteiger partial charge on any atom is 0.217 e. The molecule has 0 fully saturated rings. The van der Waals surface area contributed by atoms with Gasteiger partial charge in [0, 0.05) is 18.1 Å². The molecule has 29 heavy (non-hydrogen) atoms. The molecule has 5 nitrogen and oxygen atoms in total. The Labute approximate surface area is 170 Å². The molecule has 0 saturated carbocycles. The van der Waals surface area contributed by atoms with Crippen molar-refractivity contribution >= 4 is 5.71 Å². The monoisotopic (exact) mass is 386 g/mol. The van der Waals surface area contributed by atoms with Gasteiger partial charge in [0.05, 0.1) is 31.5 Å². The molecular weight excluding hydrogens is 364 g/mol. The predicted octanol–water partition coefficient (Wildman–Crippen LogP) is 4.95. The number of rotatable bonds is 4. The van der Waals surface area contributed by atoms with Crippen LogP contribution in [0.3, 0.4) is 0 Å². The Morgan fingerprint density at radius 3 is 2.48 bits per heavy atom. The molecule has 2 atom stereocenters. The normalized spacial score (nSPS) is 19.7. The van der Waals surface area contributed by atoms with Crippen molar-refractivity contribution in [1.82, 2.24) is 5.01 Å². The summed E-state index contributed by atoms with van der Waals surface area (Å²) in [6.07, 6.45) is 0.455. The number of nitrogens with zero attached hydrogens (tertiary/aromatic N) is 2. The molecule has 0 aromatic heterocycles. The van der Waals surface area contributed by atoms with Crippen molar-refractivity contribution in [3.05, 3.63) is 89.5 Å². The Balaban J connectivity index is 1.61. The average Bonchev–Trinajstić information content (AvgIpc) is 3.24. The zero-order valence-electron chi connectivity index (χ0n) is 16.4. The summed E-state index contributed by atoms with van der Waals surface area (Å²) in [5.74, 6) is 2.35. The number of hydrazone groups is 1. The number of hydrogen-bond acceptors (Lipinski definition) is 5. The number of fused-ring (bicyclic) bond motifs is 3. The molecule has 146 valence electrons. The largest absolute Gasteiger partial charge is 0.497 e. The number of hydrogen-bond donors (Lipinski definition) is 0. The van der Waals surface area contributed by atoms with Gasteiger partial charge < -0.3 is 14.2 Å². The van der Waals surface area contributed by atoms with Gasteiger partial charge in [0.2, 0.25) is 6.23 Å². The number of methoxy groups -OCH3 is 2. The summed E-state index contributed by atoms with van der Waals surface area (Å²) < 4.78 is 17.4. The van der Waals surface area contributed by atoms with Crippen molar-refractivity contribution in [2.75, 3.05) is 14.2 Å². The predicted molar refractivity (Wildman–Crippen MR) is 112 cm³/mol. The molecular formula is C24H22N2O3. The average molecular weight is 386 g/mol. The fourth-order valence-electron chi connectivity index (χ4n) is 4.07. The molecule has 0 saturated heterocycles. The molecule has 0 N–H and O–H groups in total. The first-order valence-electron chi connectivity index (χ1n) is 9.67. The first-order valence-corrected chi connectivity index (χ1v) is 9.67. The van der Waals surface area contributed by atoms with Crippen molar-refractivity contribution in [2.24, 2.45) is 5.10 Å². The maximum absolute atomic E-state index is 6.43. The molecule has 0 radical (unpaired) electrons. The van der Waals surface area contributed by atoms with Gasteiger partial charge in [-0.1, -0.05) is 48.5 Å². The van der Waals surface area contributed by atoms with Crippen molar-refractivity contribution < 1.29 is 14.2 Å². The Morgan fingerprint density at radius 2 is 1.69 bits per heavy atom.